The lowest BCUT2D eigenvalue weighted by Gasteiger charge is -2.35. The maximum absolute atomic E-state index is 11.7. The van der Waals surface area contributed by atoms with Crippen LogP contribution in [0.4, 0.5) is 11.5 Å². The summed E-state index contributed by atoms with van der Waals surface area (Å²) in [4.78, 5) is 16.6. The molecule has 1 amide bonds. The number of piperazine rings is 1. The van der Waals surface area contributed by atoms with Crippen molar-refractivity contribution in [2.75, 3.05) is 42.9 Å². The van der Waals surface area contributed by atoms with Crippen LogP contribution in [0.5, 0.6) is 0 Å². The molecule has 2 aliphatic heterocycles. The third-order valence-electron chi connectivity index (χ3n) is 5.56. The molecule has 0 atom stereocenters. The summed E-state index contributed by atoms with van der Waals surface area (Å²) in [6, 6.07) is 12.2. The number of rotatable bonds is 4. The summed E-state index contributed by atoms with van der Waals surface area (Å²) in [5.41, 5.74) is 2.58. The highest BCUT2D eigenvalue weighted by molar-refractivity contribution is 7.13. The zero-order valence-corrected chi connectivity index (χ0v) is 17.0. The molecule has 1 fully saturated rings. The Morgan fingerprint density at radius 1 is 1.21 bits per heavy atom. The fourth-order valence-corrected chi connectivity index (χ4v) is 5.04. The van der Waals surface area contributed by atoms with Gasteiger partial charge in [0.15, 0.2) is 1.41 Å². The van der Waals surface area contributed by atoms with E-state index in [1.54, 1.807) is 17.6 Å². The van der Waals surface area contributed by atoms with E-state index in [-0.39, 0.29) is 5.91 Å². The zero-order chi connectivity index (χ0) is 20.0. The molecule has 1 aromatic heterocycles. The summed E-state index contributed by atoms with van der Waals surface area (Å²) in [5, 5.41) is 2.84. The van der Waals surface area contributed by atoms with E-state index in [1.165, 1.54) is 10.1 Å². The molecule has 0 unspecified atom stereocenters. The SMILES string of the molecule is [2H]N1C(=O)Cc2cc(CCN3CCN(c4nsc5ccccc45)CC3)c(Cl)cc21. The van der Waals surface area contributed by atoms with Gasteiger partial charge in [-0.15, -0.1) is 0 Å². The van der Waals surface area contributed by atoms with Gasteiger partial charge in [-0.2, -0.15) is 4.37 Å². The minimum atomic E-state index is -0.195. The van der Waals surface area contributed by atoms with Crippen LogP contribution in [0.3, 0.4) is 0 Å². The topological polar surface area (TPSA) is 48.5 Å². The van der Waals surface area contributed by atoms with Gasteiger partial charge in [0.1, 0.15) is 5.82 Å². The summed E-state index contributed by atoms with van der Waals surface area (Å²) in [6.07, 6.45) is 1.14. The van der Waals surface area contributed by atoms with Crippen LogP contribution in [-0.2, 0) is 17.6 Å². The number of amides is 1. The summed E-state index contributed by atoms with van der Waals surface area (Å²) in [6.45, 7) is 4.85. The molecule has 1 saturated heterocycles. The van der Waals surface area contributed by atoms with Gasteiger partial charge >= 0.3 is 0 Å². The van der Waals surface area contributed by atoms with E-state index in [2.05, 4.69) is 38.4 Å². The number of benzene rings is 2. The summed E-state index contributed by atoms with van der Waals surface area (Å²) in [7, 11) is 0. The average molecular weight is 414 g/mol. The first kappa shape index (κ1) is 16.8. The number of carbonyl (C=O) groups excluding carboxylic acids is 1. The van der Waals surface area contributed by atoms with Gasteiger partial charge in [0, 0.05) is 48.8 Å². The molecule has 0 radical (unpaired) electrons. The second-order valence-electron chi connectivity index (χ2n) is 7.34. The van der Waals surface area contributed by atoms with E-state index in [9.17, 15) is 4.79 Å². The summed E-state index contributed by atoms with van der Waals surface area (Å²) in [5.74, 6) is 0.912. The van der Waals surface area contributed by atoms with E-state index in [0.29, 0.717) is 17.1 Å². The average Bonchev–Trinajstić information content (AvgIpc) is 3.28. The Morgan fingerprint density at radius 3 is 2.89 bits per heavy atom. The number of halogens is 1. The number of hydrogen-bond acceptors (Lipinski definition) is 5. The van der Waals surface area contributed by atoms with Crippen molar-refractivity contribution >= 4 is 50.6 Å². The molecular formula is C21H21ClN4OS. The van der Waals surface area contributed by atoms with E-state index < -0.39 is 0 Å². The van der Waals surface area contributed by atoms with Gasteiger partial charge in [0.25, 0.3) is 0 Å². The van der Waals surface area contributed by atoms with Crippen LogP contribution >= 0.6 is 23.1 Å². The molecule has 0 aliphatic carbocycles. The second-order valence-corrected chi connectivity index (χ2v) is 8.55. The molecule has 0 spiro atoms. The van der Waals surface area contributed by atoms with Crippen molar-refractivity contribution in [3.05, 3.63) is 52.5 Å². The minimum absolute atomic E-state index is 0.195. The van der Waals surface area contributed by atoms with Crippen molar-refractivity contribution in [2.24, 2.45) is 0 Å². The van der Waals surface area contributed by atoms with Crippen LogP contribution < -0.4 is 10.2 Å². The van der Waals surface area contributed by atoms with Crippen molar-refractivity contribution in [1.82, 2.24) is 9.27 Å². The molecule has 0 saturated carbocycles. The Labute approximate surface area is 174 Å². The highest BCUT2D eigenvalue weighted by atomic mass is 35.5. The van der Waals surface area contributed by atoms with E-state index in [4.69, 9.17) is 13.0 Å². The number of fused-ring (bicyclic) bond motifs is 2. The standard InChI is InChI=1S/C21H21ClN4OS/c22-17-13-18-15(12-20(27)23-18)11-14(17)5-6-25-7-9-26(10-8-25)21-16-3-1-2-4-19(16)28-24-21/h1-4,11,13H,5-10,12H2,(H,23,27)/i/hD. The van der Waals surface area contributed by atoms with Gasteiger partial charge in [-0.3, -0.25) is 9.69 Å². The first-order chi connectivity index (χ1) is 14.1. The van der Waals surface area contributed by atoms with Gasteiger partial charge in [-0.25, -0.2) is 0 Å². The predicted molar refractivity (Wildman–Crippen MR) is 116 cm³/mol. The Balaban J connectivity index is 1.21. The van der Waals surface area contributed by atoms with Gasteiger partial charge in [0.2, 0.25) is 5.91 Å². The molecule has 5 nitrogen and oxygen atoms in total. The van der Waals surface area contributed by atoms with E-state index in [0.717, 1.165) is 61.4 Å². The quantitative estimate of drug-likeness (QED) is 0.706. The molecule has 2 aliphatic rings. The second kappa shape index (κ2) is 7.35. The highest BCUT2D eigenvalue weighted by Crippen LogP contribution is 2.31. The summed E-state index contributed by atoms with van der Waals surface area (Å²) < 4.78 is 13.7. The normalized spacial score (nSPS) is 18.0. The van der Waals surface area contributed by atoms with Crippen LogP contribution in [0.1, 0.15) is 11.1 Å². The molecule has 7 heteroatoms. The van der Waals surface area contributed by atoms with Gasteiger partial charge in [-0.05, 0) is 47.3 Å². The fraction of sp³-hybridized carbons (Fsp3) is 0.333. The smallest absolute Gasteiger partial charge is 0.228 e. The lowest BCUT2D eigenvalue weighted by atomic mass is 10.1. The third-order valence-corrected chi connectivity index (χ3v) is 6.73. The Kier molecular flexibility index (Phi) is 4.40. The van der Waals surface area contributed by atoms with Crippen molar-refractivity contribution < 1.29 is 6.21 Å². The van der Waals surface area contributed by atoms with Crippen molar-refractivity contribution in [3.63, 3.8) is 0 Å². The predicted octanol–water partition coefficient (Wildman–Crippen LogP) is 3.81. The molecule has 3 aromatic rings. The lowest BCUT2D eigenvalue weighted by Crippen LogP contribution is -2.47. The number of aromatic nitrogens is 1. The first-order valence-corrected chi connectivity index (χ1v) is 10.7. The Morgan fingerprint density at radius 2 is 2.04 bits per heavy atom. The first-order valence-electron chi connectivity index (χ1n) is 10.00. The minimum Gasteiger partial charge on any atom is -0.353 e. The molecule has 1 N–H and O–H groups in total. The molecular weight excluding hydrogens is 392 g/mol. The maximum atomic E-state index is 11.7. The zero-order valence-electron chi connectivity index (χ0n) is 16.4. The van der Waals surface area contributed by atoms with Gasteiger partial charge in [-0.1, -0.05) is 29.8 Å². The van der Waals surface area contributed by atoms with Crippen molar-refractivity contribution in [1.29, 1.82) is 0 Å². The van der Waals surface area contributed by atoms with Crippen LogP contribution in [0.25, 0.3) is 10.1 Å². The van der Waals surface area contributed by atoms with Crippen LogP contribution in [0.2, 0.25) is 6.43 Å². The Bertz CT molecular complexity index is 1080. The molecule has 0 bridgehead atoms. The fourth-order valence-electron chi connectivity index (χ4n) is 4.00. The molecule has 144 valence electrons. The van der Waals surface area contributed by atoms with Gasteiger partial charge in [0.05, 0.1) is 11.1 Å². The molecule has 28 heavy (non-hydrogen) atoms. The van der Waals surface area contributed by atoms with Crippen molar-refractivity contribution in [2.45, 2.75) is 12.8 Å². The Hall–Kier alpha value is -2.15. The van der Waals surface area contributed by atoms with Crippen LogP contribution in [0, 0.1) is 0 Å². The number of anilines is 2. The molecule has 5 rings (SSSR count). The summed E-state index contributed by atoms with van der Waals surface area (Å²) >= 11 is 8.00. The van der Waals surface area contributed by atoms with Crippen LogP contribution in [-0.4, -0.2) is 47.9 Å². The van der Waals surface area contributed by atoms with Gasteiger partial charge < -0.3 is 10.2 Å². The number of nitrogens with zero attached hydrogens (tertiary/aromatic N) is 3. The lowest BCUT2D eigenvalue weighted by molar-refractivity contribution is -0.115. The van der Waals surface area contributed by atoms with E-state index in [1.807, 2.05) is 6.07 Å². The van der Waals surface area contributed by atoms with E-state index >= 15 is 0 Å². The molecule has 2 aromatic carbocycles. The third kappa shape index (κ3) is 3.36. The maximum Gasteiger partial charge on any atom is 0.228 e. The monoisotopic (exact) mass is 413 g/mol. The van der Waals surface area contributed by atoms with Crippen LogP contribution in [0.15, 0.2) is 36.4 Å². The number of carbonyl (C=O) groups is 1. The number of hydrogen-bond donors (Lipinski definition) is 1. The molecule has 3 heterocycles. The largest absolute Gasteiger partial charge is 0.353 e. The number of nitrogens with one attached hydrogen (secondary N) is 1. The highest BCUT2D eigenvalue weighted by Gasteiger charge is 2.22. The van der Waals surface area contributed by atoms with Crippen molar-refractivity contribution in [3.8, 4) is 0 Å².